The normalized spacial score (nSPS) is 15.8. The highest BCUT2D eigenvalue weighted by molar-refractivity contribution is 8.00. The molecule has 6 nitrogen and oxygen atoms in total. The largest absolute Gasteiger partial charge is 0.491 e. The molecule has 1 fully saturated rings. The van der Waals surface area contributed by atoms with Crippen LogP contribution in [0.4, 0.5) is 0 Å². The summed E-state index contributed by atoms with van der Waals surface area (Å²) in [7, 11) is 0. The van der Waals surface area contributed by atoms with Gasteiger partial charge in [-0.2, -0.15) is 5.10 Å². The maximum atomic E-state index is 12.5. The Bertz CT molecular complexity index is 1150. The zero-order valence-corrected chi connectivity index (χ0v) is 20.0. The molecule has 1 saturated heterocycles. The summed E-state index contributed by atoms with van der Waals surface area (Å²) in [5.41, 5.74) is 6.01. The van der Waals surface area contributed by atoms with Gasteiger partial charge in [-0.25, -0.2) is 5.43 Å². The van der Waals surface area contributed by atoms with Gasteiger partial charge in [-0.3, -0.25) is 9.59 Å². The van der Waals surface area contributed by atoms with Gasteiger partial charge < -0.3 is 9.64 Å². The van der Waals surface area contributed by atoms with Crippen molar-refractivity contribution >= 4 is 29.8 Å². The lowest BCUT2D eigenvalue weighted by molar-refractivity contribution is -0.128. The fourth-order valence-corrected chi connectivity index (χ4v) is 4.80. The molecular weight excluding hydrogens is 446 g/mol. The van der Waals surface area contributed by atoms with Gasteiger partial charge in [-0.15, -0.1) is 11.8 Å². The van der Waals surface area contributed by atoms with Crippen molar-refractivity contribution in [2.45, 2.75) is 31.9 Å². The Hall–Kier alpha value is -3.58. The van der Waals surface area contributed by atoms with E-state index in [2.05, 4.69) is 10.5 Å². The average Bonchev–Trinajstić information content (AvgIpc) is 3.20. The van der Waals surface area contributed by atoms with E-state index in [1.807, 2.05) is 85.5 Å². The topological polar surface area (TPSA) is 71.0 Å². The summed E-state index contributed by atoms with van der Waals surface area (Å²) in [5.74, 6) is 1.08. The molecule has 0 saturated carbocycles. The summed E-state index contributed by atoms with van der Waals surface area (Å²) in [5, 5.41) is 3.99. The van der Waals surface area contributed by atoms with Crippen LogP contribution >= 0.6 is 11.8 Å². The molecule has 0 unspecified atom stereocenters. The molecule has 4 rings (SSSR count). The first kappa shape index (κ1) is 23.6. The van der Waals surface area contributed by atoms with Crippen molar-refractivity contribution in [2.75, 3.05) is 5.75 Å². The fraction of sp³-hybridized carbons (Fsp3) is 0.222. The number of benzene rings is 3. The van der Waals surface area contributed by atoms with Crippen molar-refractivity contribution in [3.8, 4) is 5.75 Å². The van der Waals surface area contributed by atoms with Crippen LogP contribution in [0.25, 0.3) is 0 Å². The summed E-state index contributed by atoms with van der Waals surface area (Å²) in [6.45, 7) is 4.52. The molecule has 1 aliphatic rings. The third kappa shape index (κ3) is 6.05. The van der Waals surface area contributed by atoms with Gasteiger partial charge in [0.05, 0.1) is 18.1 Å². The van der Waals surface area contributed by atoms with Crippen LogP contribution in [0.2, 0.25) is 0 Å². The first-order valence-corrected chi connectivity index (χ1v) is 12.2. The van der Waals surface area contributed by atoms with Crippen molar-refractivity contribution in [2.24, 2.45) is 5.10 Å². The van der Waals surface area contributed by atoms with Crippen LogP contribution in [0.3, 0.4) is 0 Å². The predicted molar refractivity (Wildman–Crippen MR) is 136 cm³/mol. The third-order valence-electron chi connectivity index (χ3n) is 5.25. The number of amides is 2. The molecule has 1 heterocycles. The zero-order valence-electron chi connectivity index (χ0n) is 19.2. The highest BCUT2D eigenvalue weighted by Gasteiger charge is 2.32. The highest BCUT2D eigenvalue weighted by atomic mass is 32.2. The van der Waals surface area contributed by atoms with Gasteiger partial charge in [0.15, 0.2) is 0 Å². The molecule has 1 aliphatic heterocycles. The lowest BCUT2D eigenvalue weighted by Crippen LogP contribution is -2.27. The van der Waals surface area contributed by atoms with Crippen LogP contribution in [0, 0.1) is 0 Å². The summed E-state index contributed by atoms with van der Waals surface area (Å²) in [4.78, 5) is 26.8. The fourth-order valence-electron chi connectivity index (χ4n) is 3.62. The van der Waals surface area contributed by atoms with E-state index < -0.39 is 0 Å². The molecule has 0 bridgehead atoms. The zero-order chi connectivity index (χ0) is 23.9. The number of rotatable bonds is 8. The first-order chi connectivity index (χ1) is 16.5. The van der Waals surface area contributed by atoms with E-state index in [4.69, 9.17) is 4.74 Å². The smallest absolute Gasteiger partial charge is 0.271 e. The second-order valence-electron chi connectivity index (χ2n) is 8.23. The van der Waals surface area contributed by atoms with Gasteiger partial charge in [0.25, 0.3) is 5.91 Å². The number of carbonyl (C=O) groups excluding carboxylic acids is 2. The molecule has 0 radical (unpaired) electrons. The summed E-state index contributed by atoms with van der Waals surface area (Å²) >= 11 is 1.60. The third-order valence-corrected chi connectivity index (χ3v) is 6.51. The molecule has 3 aromatic rings. The number of nitrogens with zero attached hydrogens (tertiary/aromatic N) is 2. The Morgan fingerprint density at radius 3 is 2.47 bits per heavy atom. The molecule has 1 atom stereocenters. The van der Waals surface area contributed by atoms with Crippen LogP contribution in [0.5, 0.6) is 5.75 Å². The second-order valence-corrected chi connectivity index (χ2v) is 9.30. The van der Waals surface area contributed by atoms with E-state index in [-0.39, 0.29) is 23.3 Å². The molecule has 7 heteroatoms. The van der Waals surface area contributed by atoms with E-state index in [0.717, 1.165) is 22.4 Å². The van der Waals surface area contributed by atoms with E-state index >= 15 is 0 Å². The van der Waals surface area contributed by atoms with E-state index in [1.165, 1.54) is 0 Å². The Morgan fingerprint density at radius 2 is 1.79 bits per heavy atom. The van der Waals surface area contributed by atoms with E-state index in [9.17, 15) is 9.59 Å². The van der Waals surface area contributed by atoms with Crippen LogP contribution in [0.1, 0.15) is 46.3 Å². The number of thioether (sulfide) groups is 1. The van der Waals surface area contributed by atoms with Crippen LogP contribution in [-0.2, 0) is 11.3 Å². The summed E-state index contributed by atoms with van der Waals surface area (Å²) in [6.07, 6.45) is 1.71. The minimum atomic E-state index is -0.293. The molecule has 3 aromatic carbocycles. The molecule has 2 amide bonds. The second kappa shape index (κ2) is 11.0. The molecule has 0 spiro atoms. The number of hydrogen-bond donors (Lipinski definition) is 1. The minimum Gasteiger partial charge on any atom is -0.491 e. The Morgan fingerprint density at radius 1 is 1.09 bits per heavy atom. The first-order valence-electron chi connectivity index (χ1n) is 11.1. The van der Waals surface area contributed by atoms with Gasteiger partial charge >= 0.3 is 0 Å². The maximum absolute atomic E-state index is 12.5. The highest BCUT2D eigenvalue weighted by Crippen LogP contribution is 2.39. The molecule has 0 aromatic heterocycles. The molecule has 174 valence electrons. The van der Waals surface area contributed by atoms with Crippen LogP contribution < -0.4 is 10.2 Å². The molecule has 0 aliphatic carbocycles. The van der Waals surface area contributed by atoms with Crippen LogP contribution in [-0.4, -0.2) is 34.8 Å². The lowest BCUT2D eigenvalue weighted by Gasteiger charge is -2.24. The van der Waals surface area contributed by atoms with Crippen molar-refractivity contribution < 1.29 is 14.3 Å². The van der Waals surface area contributed by atoms with Gasteiger partial charge in [0, 0.05) is 12.1 Å². The monoisotopic (exact) mass is 473 g/mol. The summed E-state index contributed by atoms with van der Waals surface area (Å²) < 4.78 is 5.62. The molecular formula is C27H27N3O3S. The maximum Gasteiger partial charge on any atom is 0.271 e. The van der Waals surface area contributed by atoms with E-state index in [0.29, 0.717) is 17.9 Å². The molecule has 1 N–H and O–H groups in total. The Kier molecular flexibility index (Phi) is 7.65. The Labute approximate surface area is 204 Å². The Balaban J connectivity index is 1.35. The average molecular weight is 474 g/mol. The summed E-state index contributed by atoms with van der Waals surface area (Å²) in [6, 6.07) is 24.8. The van der Waals surface area contributed by atoms with Crippen molar-refractivity contribution in [3.63, 3.8) is 0 Å². The number of ether oxygens (including phenoxy) is 1. The SMILES string of the molecule is CC(C)Oc1ccc(/C=N\NC(=O)c2ccc([C@@H]3SCC(=O)N3Cc3ccccc3)cc2)cc1. The van der Waals surface area contributed by atoms with Gasteiger partial charge in [0.1, 0.15) is 11.1 Å². The van der Waals surface area contributed by atoms with Gasteiger partial charge in [-0.1, -0.05) is 42.5 Å². The predicted octanol–water partition coefficient (Wildman–Crippen LogP) is 5.01. The quantitative estimate of drug-likeness (QED) is 0.369. The minimum absolute atomic E-state index is 0.0644. The number of hydrazone groups is 1. The number of nitrogens with one attached hydrogen (secondary N) is 1. The van der Waals surface area contributed by atoms with Gasteiger partial charge in [-0.05, 0) is 66.9 Å². The lowest BCUT2D eigenvalue weighted by atomic mass is 10.1. The van der Waals surface area contributed by atoms with Gasteiger partial charge in [0.2, 0.25) is 5.91 Å². The van der Waals surface area contributed by atoms with Crippen molar-refractivity contribution in [1.82, 2.24) is 10.3 Å². The molecule has 34 heavy (non-hydrogen) atoms. The number of carbonyl (C=O) groups is 2. The standard InChI is InChI=1S/C27H27N3O3S/c1-19(2)33-24-14-8-20(9-15-24)16-28-29-26(32)22-10-12-23(13-11-22)27-30(25(31)18-34-27)17-21-6-4-3-5-7-21/h3-16,19,27H,17-18H2,1-2H3,(H,29,32)/b28-16-/t27-/m0/s1. The van der Waals surface area contributed by atoms with Crippen LogP contribution in [0.15, 0.2) is 84.0 Å². The number of hydrogen-bond acceptors (Lipinski definition) is 5. The van der Waals surface area contributed by atoms with E-state index in [1.54, 1.807) is 30.1 Å². The van der Waals surface area contributed by atoms with Crippen molar-refractivity contribution in [1.29, 1.82) is 0 Å². The van der Waals surface area contributed by atoms with Crippen molar-refractivity contribution in [3.05, 3.63) is 101 Å².